The van der Waals surface area contributed by atoms with E-state index in [1.165, 1.54) is 23.4 Å². The maximum absolute atomic E-state index is 11.3. The molecule has 0 fully saturated rings. The average Bonchev–Trinajstić information content (AvgIpc) is 2.47. The Kier molecular flexibility index (Phi) is 3.13. The van der Waals surface area contributed by atoms with Crippen LogP contribution in [0.1, 0.15) is 6.92 Å². The molecule has 0 spiro atoms. The second kappa shape index (κ2) is 4.13. The van der Waals surface area contributed by atoms with Gasteiger partial charge in [0.05, 0.1) is 0 Å². The van der Waals surface area contributed by atoms with Crippen molar-refractivity contribution in [2.24, 2.45) is 0 Å². The van der Waals surface area contributed by atoms with E-state index in [0.29, 0.717) is 5.16 Å². The first kappa shape index (κ1) is 9.85. The van der Waals surface area contributed by atoms with Gasteiger partial charge in [0.2, 0.25) is 11.1 Å². The van der Waals surface area contributed by atoms with Crippen molar-refractivity contribution in [1.29, 1.82) is 0 Å². The maximum atomic E-state index is 11.3. The number of carbonyl (C=O) groups is 1. The summed E-state index contributed by atoms with van der Waals surface area (Å²) in [5.41, 5.74) is 5.46. The summed E-state index contributed by atoms with van der Waals surface area (Å²) < 4.78 is 1.24. The van der Waals surface area contributed by atoms with Crippen LogP contribution >= 0.6 is 11.8 Å². The first-order chi connectivity index (χ1) is 6.20. The van der Waals surface area contributed by atoms with Crippen LogP contribution in [0.15, 0.2) is 5.16 Å². The van der Waals surface area contributed by atoms with Gasteiger partial charge in [0.15, 0.2) is 0 Å². The molecule has 3 N–H and O–H groups in total. The van der Waals surface area contributed by atoms with Crippen LogP contribution in [0.25, 0.3) is 0 Å². The Labute approximate surface area is 79.9 Å². The van der Waals surface area contributed by atoms with Crippen LogP contribution in [0.2, 0.25) is 0 Å². The van der Waals surface area contributed by atoms with Crippen LogP contribution in [0.3, 0.4) is 0 Å². The number of aromatic nitrogens is 3. The molecule has 0 saturated heterocycles. The Bertz CT molecular complexity index is 310. The third-order valence-corrected chi connectivity index (χ3v) is 2.16. The number of anilines is 1. The summed E-state index contributed by atoms with van der Waals surface area (Å²) in [6.07, 6.45) is 0. The predicted octanol–water partition coefficient (Wildman–Crippen LogP) is 0.160. The molecule has 0 atom stereocenters. The van der Waals surface area contributed by atoms with Gasteiger partial charge in [0, 0.05) is 7.05 Å². The molecule has 1 aromatic heterocycles. The number of carbonyl (C=O) groups excluding carboxylic acids is 1. The largest absolute Gasteiger partial charge is 0.367 e. The summed E-state index contributed by atoms with van der Waals surface area (Å²) in [7, 11) is 1.53. The van der Waals surface area contributed by atoms with Crippen LogP contribution < -0.4 is 11.1 Å². The highest BCUT2D eigenvalue weighted by molar-refractivity contribution is 7.99. The van der Waals surface area contributed by atoms with E-state index in [2.05, 4.69) is 15.5 Å². The number of amides is 1. The molecular weight excluding hydrogens is 190 g/mol. The van der Waals surface area contributed by atoms with Gasteiger partial charge < -0.3 is 11.1 Å². The third kappa shape index (κ3) is 1.92. The van der Waals surface area contributed by atoms with E-state index in [1.54, 1.807) is 0 Å². The minimum Gasteiger partial charge on any atom is -0.367 e. The number of thioether (sulfide) groups is 1. The molecule has 1 heterocycles. The lowest BCUT2D eigenvalue weighted by molar-refractivity contribution is 0.243. The lowest BCUT2D eigenvalue weighted by Crippen LogP contribution is -2.26. The summed E-state index contributed by atoms with van der Waals surface area (Å²) in [6, 6.07) is -0.321. The normalized spacial score (nSPS) is 10.0. The number of hydrogen-bond donors (Lipinski definition) is 2. The molecule has 0 aromatic carbocycles. The quantitative estimate of drug-likeness (QED) is 0.666. The second-order valence-electron chi connectivity index (χ2n) is 2.16. The first-order valence-electron chi connectivity index (χ1n) is 3.76. The molecule has 1 rings (SSSR count). The fraction of sp³-hybridized carbons (Fsp3) is 0.500. The van der Waals surface area contributed by atoms with Gasteiger partial charge in [-0.05, 0) is 5.75 Å². The smallest absolute Gasteiger partial charge is 0.330 e. The number of nitrogen functional groups attached to an aromatic ring is 1. The highest BCUT2D eigenvalue weighted by Gasteiger charge is 2.14. The topological polar surface area (TPSA) is 85.8 Å². The van der Waals surface area contributed by atoms with E-state index in [1.807, 2.05) is 6.92 Å². The summed E-state index contributed by atoms with van der Waals surface area (Å²) in [6.45, 7) is 1.96. The van der Waals surface area contributed by atoms with Gasteiger partial charge in [0.1, 0.15) is 0 Å². The molecule has 1 amide bonds. The average molecular weight is 201 g/mol. The van der Waals surface area contributed by atoms with Crippen LogP contribution in [-0.4, -0.2) is 33.6 Å². The highest BCUT2D eigenvalue weighted by atomic mass is 32.2. The van der Waals surface area contributed by atoms with Gasteiger partial charge in [0.25, 0.3) is 0 Å². The minimum absolute atomic E-state index is 0.107. The van der Waals surface area contributed by atoms with Gasteiger partial charge in [-0.25, -0.2) is 9.36 Å². The minimum atomic E-state index is -0.321. The molecule has 1 aromatic rings. The van der Waals surface area contributed by atoms with Crippen molar-refractivity contribution < 1.29 is 4.79 Å². The van der Waals surface area contributed by atoms with Crippen LogP contribution in [0.5, 0.6) is 0 Å². The van der Waals surface area contributed by atoms with Gasteiger partial charge >= 0.3 is 6.03 Å². The highest BCUT2D eigenvalue weighted by Crippen LogP contribution is 2.16. The SMILES string of the molecule is CCSc1nnc(N)n1C(=O)NC. The van der Waals surface area contributed by atoms with Gasteiger partial charge in [-0.2, -0.15) is 0 Å². The molecule has 0 saturated carbocycles. The lowest BCUT2D eigenvalue weighted by atomic mass is 10.8. The fourth-order valence-electron chi connectivity index (χ4n) is 0.807. The molecule has 7 heteroatoms. The molecule has 0 bridgehead atoms. The van der Waals surface area contributed by atoms with Crippen molar-refractivity contribution in [2.45, 2.75) is 12.1 Å². The van der Waals surface area contributed by atoms with Gasteiger partial charge in [-0.15, -0.1) is 10.2 Å². The van der Waals surface area contributed by atoms with Gasteiger partial charge in [-0.1, -0.05) is 18.7 Å². The Hall–Kier alpha value is -1.24. The van der Waals surface area contributed by atoms with Crippen molar-refractivity contribution in [3.8, 4) is 0 Å². The molecule has 0 unspecified atom stereocenters. The Morgan fingerprint density at radius 1 is 1.69 bits per heavy atom. The molecule has 0 radical (unpaired) electrons. The molecule has 72 valence electrons. The summed E-state index contributed by atoms with van der Waals surface area (Å²) in [5.74, 6) is 0.921. The zero-order valence-electron chi connectivity index (χ0n) is 7.44. The van der Waals surface area contributed by atoms with Crippen LogP contribution in [0.4, 0.5) is 10.7 Å². The second-order valence-corrected chi connectivity index (χ2v) is 3.40. The van der Waals surface area contributed by atoms with Crippen LogP contribution in [0, 0.1) is 0 Å². The summed E-state index contributed by atoms with van der Waals surface area (Å²) >= 11 is 1.41. The van der Waals surface area contributed by atoms with E-state index in [9.17, 15) is 4.79 Å². The summed E-state index contributed by atoms with van der Waals surface area (Å²) in [4.78, 5) is 11.3. The fourth-order valence-corrected chi connectivity index (χ4v) is 1.47. The van der Waals surface area contributed by atoms with Crippen molar-refractivity contribution in [2.75, 3.05) is 18.5 Å². The zero-order chi connectivity index (χ0) is 9.84. The van der Waals surface area contributed by atoms with E-state index in [4.69, 9.17) is 5.73 Å². The number of hydrogen-bond acceptors (Lipinski definition) is 5. The van der Waals surface area contributed by atoms with Crippen molar-refractivity contribution in [1.82, 2.24) is 20.1 Å². The van der Waals surface area contributed by atoms with E-state index >= 15 is 0 Å². The van der Waals surface area contributed by atoms with E-state index in [-0.39, 0.29) is 12.0 Å². The third-order valence-electron chi connectivity index (χ3n) is 1.35. The Morgan fingerprint density at radius 2 is 2.38 bits per heavy atom. The molecule has 0 aliphatic heterocycles. The Morgan fingerprint density at radius 3 is 2.92 bits per heavy atom. The zero-order valence-corrected chi connectivity index (χ0v) is 8.26. The standard InChI is InChI=1S/C6H11N5OS/c1-3-13-6-10-9-4(7)11(6)5(12)8-2/h3H2,1-2H3,(H2,7,9)(H,8,12). The molecule has 6 nitrogen and oxygen atoms in total. The number of nitrogens with two attached hydrogens (primary N) is 1. The number of nitrogens with one attached hydrogen (secondary N) is 1. The number of rotatable bonds is 2. The maximum Gasteiger partial charge on any atom is 0.330 e. The molecule has 13 heavy (non-hydrogen) atoms. The van der Waals surface area contributed by atoms with Crippen molar-refractivity contribution in [3.05, 3.63) is 0 Å². The molecule has 0 aliphatic rings. The van der Waals surface area contributed by atoms with Crippen molar-refractivity contribution in [3.63, 3.8) is 0 Å². The Balaban J connectivity index is 3.01. The van der Waals surface area contributed by atoms with Crippen LogP contribution in [-0.2, 0) is 0 Å². The van der Waals surface area contributed by atoms with Gasteiger partial charge in [-0.3, -0.25) is 0 Å². The number of nitrogens with zero attached hydrogens (tertiary/aromatic N) is 3. The molecular formula is C6H11N5OS. The summed E-state index contributed by atoms with van der Waals surface area (Å²) in [5, 5.41) is 10.3. The van der Waals surface area contributed by atoms with Crippen molar-refractivity contribution >= 4 is 23.7 Å². The van der Waals surface area contributed by atoms with E-state index < -0.39 is 0 Å². The first-order valence-corrected chi connectivity index (χ1v) is 4.75. The molecule has 0 aliphatic carbocycles. The monoisotopic (exact) mass is 201 g/mol. The predicted molar refractivity (Wildman–Crippen MR) is 50.7 cm³/mol. The van der Waals surface area contributed by atoms with E-state index in [0.717, 1.165) is 5.75 Å². The lowest BCUT2D eigenvalue weighted by Gasteiger charge is -2.03.